The second-order valence-electron chi connectivity index (χ2n) is 5.30. The van der Waals surface area contributed by atoms with Gasteiger partial charge in [-0.3, -0.25) is 4.79 Å². The van der Waals surface area contributed by atoms with Crippen LogP contribution in [0.2, 0.25) is 0 Å². The molecule has 1 aromatic carbocycles. The van der Waals surface area contributed by atoms with Crippen molar-refractivity contribution in [1.29, 1.82) is 0 Å². The van der Waals surface area contributed by atoms with Gasteiger partial charge in [-0.05, 0) is 50.4 Å². The number of carbonyl (C=O) groups excluding carboxylic acids is 1. The molecule has 0 spiro atoms. The minimum Gasteiger partial charge on any atom is -0.476 e. The third-order valence-corrected chi connectivity index (χ3v) is 3.33. The normalized spacial score (nSPS) is 18.6. The molecule has 1 amide bonds. The van der Waals surface area contributed by atoms with Gasteiger partial charge in [0.05, 0.1) is 5.69 Å². The Hall–Kier alpha value is -1.55. The molecule has 1 aliphatic rings. The maximum absolute atomic E-state index is 11.8. The first-order valence-corrected chi connectivity index (χ1v) is 6.28. The zero-order valence-electron chi connectivity index (χ0n) is 11.1. The number of fused-ring (bicyclic) bond motifs is 1. The second kappa shape index (κ2) is 4.61. The molecular weight excluding hydrogens is 228 g/mol. The van der Waals surface area contributed by atoms with Crippen LogP contribution in [0.15, 0.2) is 18.2 Å². The van der Waals surface area contributed by atoms with Crippen LogP contribution >= 0.6 is 0 Å². The molecule has 1 heterocycles. The molecule has 0 radical (unpaired) electrons. The Kier molecular flexibility index (Phi) is 3.30. The van der Waals surface area contributed by atoms with Gasteiger partial charge in [0.25, 0.3) is 5.91 Å². The molecule has 0 aliphatic carbocycles. The van der Waals surface area contributed by atoms with Crippen molar-refractivity contribution in [3.8, 4) is 5.75 Å². The summed E-state index contributed by atoms with van der Waals surface area (Å²) in [6, 6.07) is 5.92. The van der Waals surface area contributed by atoms with Gasteiger partial charge in [0, 0.05) is 0 Å². The Morgan fingerprint density at radius 2 is 2.17 bits per heavy atom. The van der Waals surface area contributed by atoms with E-state index in [2.05, 4.69) is 12.2 Å². The van der Waals surface area contributed by atoms with Crippen LogP contribution in [-0.4, -0.2) is 18.1 Å². The number of nitrogens with one attached hydrogen (secondary N) is 1. The Morgan fingerprint density at radius 1 is 1.44 bits per heavy atom. The lowest BCUT2D eigenvalue weighted by molar-refractivity contribution is -0.129. The molecular formula is C14H20N2O2. The first-order valence-electron chi connectivity index (χ1n) is 6.28. The molecule has 98 valence electrons. The monoisotopic (exact) mass is 248 g/mol. The number of hydrogen-bond acceptors (Lipinski definition) is 3. The lowest BCUT2D eigenvalue weighted by Crippen LogP contribution is -2.45. The van der Waals surface area contributed by atoms with Gasteiger partial charge in [-0.2, -0.15) is 0 Å². The van der Waals surface area contributed by atoms with E-state index in [1.807, 2.05) is 18.2 Å². The number of ether oxygens (including phenoxy) is 1. The predicted octanol–water partition coefficient (Wildman–Crippen LogP) is 2.25. The van der Waals surface area contributed by atoms with Gasteiger partial charge < -0.3 is 15.8 Å². The van der Waals surface area contributed by atoms with E-state index in [0.717, 1.165) is 17.9 Å². The van der Waals surface area contributed by atoms with E-state index in [-0.39, 0.29) is 5.91 Å². The van der Waals surface area contributed by atoms with E-state index in [1.165, 1.54) is 5.56 Å². The highest BCUT2D eigenvalue weighted by Gasteiger charge is 2.35. The van der Waals surface area contributed by atoms with Crippen LogP contribution in [0.5, 0.6) is 5.75 Å². The van der Waals surface area contributed by atoms with Crippen molar-refractivity contribution < 1.29 is 9.53 Å². The maximum Gasteiger partial charge on any atom is 0.268 e. The van der Waals surface area contributed by atoms with Gasteiger partial charge in [-0.15, -0.1) is 0 Å². The molecule has 0 saturated heterocycles. The van der Waals surface area contributed by atoms with E-state index >= 15 is 0 Å². The molecule has 0 aromatic heterocycles. The van der Waals surface area contributed by atoms with Gasteiger partial charge in [0.1, 0.15) is 5.75 Å². The summed E-state index contributed by atoms with van der Waals surface area (Å²) in [6.07, 6.45) is 0.930. The highest BCUT2D eigenvalue weighted by Crippen LogP contribution is 2.36. The largest absolute Gasteiger partial charge is 0.476 e. The van der Waals surface area contributed by atoms with Crippen molar-refractivity contribution in [3.63, 3.8) is 0 Å². The predicted molar refractivity (Wildman–Crippen MR) is 71.9 cm³/mol. The number of amides is 1. The number of nitrogens with two attached hydrogens (primary N) is 1. The van der Waals surface area contributed by atoms with Crippen LogP contribution in [0.4, 0.5) is 5.69 Å². The molecule has 1 atom stereocenters. The average Bonchev–Trinajstić information content (AvgIpc) is 2.30. The number of rotatable bonds is 3. The summed E-state index contributed by atoms with van der Waals surface area (Å²) in [5.41, 5.74) is 6.68. The van der Waals surface area contributed by atoms with Gasteiger partial charge in [0.2, 0.25) is 0 Å². The molecule has 0 bridgehead atoms. The molecule has 4 heteroatoms. The topological polar surface area (TPSA) is 64.3 Å². The summed E-state index contributed by atoms with van der Waals surface area (Å²) in [5, 5.41) is 2.89. The van der Waals surface area contributed by atoms with Crippen molar-refractivity contribution in [2.45, 2.75) is 38.7 Å². The molecule has 4 nitrogen and oxygen atoms in total. The fourth-order valence-corrected chi connectivity index (χ4v) is 2.05. The van der Waals surface area contributed by atoms with E-state index in [1.54, 1.807) is 13.8 Å². The molecule has 18 heavy (non-hydrogen) atoms. The van der Waals surface area contributed by atoms with Crippen molar-refractivity contribution in [3.05, 3.63) is 23.8 Å². The smallest absolute Gasteiger partial charge is 0.268 e. The van der Waals surface area contributed by atoms with E-state index in [9.17, 15) is 4.79 Å². The first kappa shape index (κ1) is 12.9. The average molecular weight is 248 g/mol. The van der Waals surface area contributed by atoms with E-state index < -0.39 is 5.60 Å². The van der Waals surface area contributed by atoms with E-state index in [0.29, 0.717) is 12.5 Å². The van der Waals surface area contributed by atoms with Crippen molar-refractivity contribution in [2.24, 2.45) is 5.73 Å². The maximum atomic E-state index is 11.8. The summed E-state index contributed by atoms with van der Waals surface area (Å²) in [4.78, 5) is 11.8. The number of carbonyl (C=O) groups is 1. The Labute approximate surface area is 108 Å². The van der Waals surface area contributed by atoms with E-state index in [4.69, 9.17) is 10.5 Å². The van der Waals surface area contributed by atoms with Gasteiger partial charge in [0.15, 0.2) is 5.60 Å². The summed E-state index contributed by atoms with van der Waals surface area (Å²) in [5.74, 6) is 0.995. The molecule has 1 aliphatic heterocycles. The minimum absolute atomic E-state index is 0.112. The summed E-state index contributed by atoms with van der Waals surface area (Å²) >= 11 is 0. The van der Waals surface area contributed by atoms with Gasteiger partial charge in [-0.1, -0.05) is 13.0 Å². The van der Waals surface area contributed by atoms with Crippen LogP contribution < -0.4 is 15.8 Å². The zero-order valence-corrected chi connectivity index (χ0v) is 11.1. The summed E-state index contributed by atoms with van der Waals surface area (Å²) in [7, 11) is 0. The van der Waals surface area contributed by atoms with Gasteiger partial charge in [-0.25, -0.2) is 0 Å². The lowest BCUT2D eigenvalue weighted by Gasteiger charge is -2.32. The van der Waals surface area contributed by atoms with Crippen molar-refractivity contribution in [1.82, 2.24) is 0 Å². The Morgan fingerprint density at radius 3 is 2.83 bits per heavy atom. The molecule has 3 N–H and O–H groups in total. The first-order chi connectivity index (χ1) is 8.44. The van der Waals surface area contributed by atoms with Crippen molar-refractivity contribution >= 4 is 11.6 Å². The SMILES string of the molecule is CC(CCN)c1ccc2c(c1)NC(=O)C(C)(C)O2. The molecule has 0 saturated carbocycles. The highest BCUT2D eigenvalue weighted by molar-refractivity contribution is 6.00. The summed E-state index contributed by atoms with van der Waals surface area (Å²) < 4.78 is 5.69. The zero-order chi connectivity index (χ0) is 13.3. The lowest BCUT2D eigenvalue weighted by atomic mass is 9.96. The van der Waals surface area contributed by atoms with Crippen molar-refractivity contribution in [2.75, 3.05) is 11.9 Å². The minimum atomic E-state index is -0.808. The number of hydrogen-bond donors (Lipinski definition) is 2. The fraction of sp³-hybridized carbons (Fsp3) is 0.500. The summed E-state index contributed by atoms with van der Waals surface area (Å²) in [6.45, 7) is 6.31. The number of benzene rings is 1. The highest BCUT2D eigenvalue weighted by atomic mass is 16.5. The second-order valence-corrected chi connectivity index (χ2v) is 5.30. The molecule has 2 rings (SSSR count). The standard InChI is InChI=1S/C14H20N2O2/c1-9(6-7-15)10-4-5-12-11(8-10)16-13(17)14(2,3)18-12/h4-5,8-9H,6-7,15H2,1-3H3,(H,16,17). The third kappa shape index (κ3) is 2.34. The quantitative estimate of drug-likeness (QED) is 0.862. The van der Waals surface area contributed by atoms with Crippen LogP contribution in [0.3, 0.4) is 0 Å². The molecule has 1 aromatic rings. The van der Waals surface area contributed by atoms with Crippen LogP contribution in [-0.2, 0) is 4.79 Å². The van der Waals surface area contributed by atoms with Crippen LogP contribution in [0, 0.1) is 0 Å². The fourth-order valence-electron chi connectivity index (χ4n) is 2.05. The number of anilines is 1. The van der Waals surface area contributed by atoms with Gasteiger partial charge >= 0.3 is 0 Å². The Balaban J connectivity index is 2.29. The molecule has 0 fully saturated rings. The Bertz CT molecular complexity index is 469. The third-order valence-electron chi connectivity index (χ3n) is 3.33. The van der Waals surface area contributed by atoms with Crippen LogP contribution in [0.25, 0.3) is 0 Å². The van der Waals surface area contributed by atoms with Crippen LogP contribution in [0.1, 0.15) is 38.7 Å². The molecule has 1 unspecified atom stereocenters.